The van der Waals surface area contributed by atoms with Gasteiger partial charge in [0.25, 0.3) is 0 Å². The van der Waals surface area contributed by atoms with Crippen molar-refractivity contribution in [2.75, 3.05) is 13.2 Å². The highest BCUT2D eigenvalue weighted by molar-refractivity contribution is 6.34. The van der Waals surface area contributed by atoms with Gasteiger partial charge in [0.05, 0.1) is 12.7 Å². The van der Waals surface area contributed by atoms with Gasteiger partial charge in [-0.25, -0.2) is 4.79 Å². The van der Waals surface area contributed by atoms with Gasteiger partial charge in [0.1, 0.15) is 6.61 Å². The van der Waals surface area contributed by atoms with Crippen LogP contribution in [0.25, 0.3) is 10.8 Å². The minimum absolute atomic E-state index is 0.0715. The van der Waals surface area contributed by atoms with Crippen molar-refractivity contribution in [1.82, 2.24) is 0 Å². The van der Waals surface area contributed by atoms with E-state index in [1.165, 1.54) is 17.7 Å². The molecule has 0 amide bonds. The molecule has 0 radical (unpaired) electrons. The number of carbonyl (C=O) groups is 1. The van der Waals surface area contributed by atoms with Crippen LogP contribution in [0.4, 0.5) is 0 Å². The number of ether oxygens (including phenoxy) is 1. The number of oxime groups is 1. The Balaban J connectivity index is 1.85. The van der Waals surface area contributed by atoms with E-state index in [0.717, 1.165) is 5.56 Å². The molecule has 5 nitrogen and oxygen atoms in total. The minimum Gasteiger partial charge on any atom is -0.477 e. The average molecular weight is 301 g/mol. The maximum Gasteiger partial charge on any atom is 0.353 e. The lowest BCUT2D eigenvalue weighted by atomic mass is 10.0. The topological polar surface area (TPSA) is 68.1 Å². The molecule has 116 valence electrons. The van der Waals surface area contributed by atoms with E-state index < -0.39 is 5.97 Å². The first kappa shape index (κ1) is 16.0. The van der Waals surface area contributed by atoms with Crippen molar-refractivity contribution in [1.29, 1.82) is 0 Å². The van der Waals surface area contributed by atoms with Crippen molar-refractivity contribution in [2.24, 2.45) is 5.16 Å². The fourth-order valence-electron chi connectivity index (χ4n) is 2.00. The number of carboxylic acids is 1. The third-order valence-corrected chi connectivity index (χ3v) is 3.30. The lowest BCUT2D eigenvalue weighted by Gasteiger charge is -2.13. The lowest BCUT2D eigenvalue weighted by molar-refractivity contribution is -0.129. The van der Waals surface area contributed by atoms with Crippen molar-refractivity contribution < 1.29 is 19.5 Å². The van der Waals surface area contributed by atoms with Crippen LogP contribution in [0.3, 0.4) is 0 Å². The van der Waals surface area contributed by atoms with Gasteiger partial charge in [0.15, 0.2) is 5.71 Å². The largest absolute Gasteiger partial charge is 0.477 e. The Kier molecular flexibility index (Phi) is 5.49. The van der Waals surface area contributed by atoms with E-state index in [0.29, 0.717) is 6.61 Å². The first-order valence-electron chi connectivity index (χ1n) is 7.08. The van der Waals surface area contributed by atoms with E-state index in [1.807, 2.05) is 25.1 Å². The molecule has 0 saturated heterocycles. The second-order valence-electron chi connectivity index (χ2n) is 4.93. The van der Waals surface area contributed by atoms with Crippen molar-refractivity contribution in [3.05, 3.63) is 48.0 Å². The fourth-order valence-corrected chi connectivity index (χ4v) is 2.00. The van der Waals surface area contributed by atoms with Crippen molar-refractivity contribution in [3.63, 3.8) is 0 Å². The van der Waals surface area contributed by atoms with Crippen LogP contribution in [0.2, 0.25) is 0 Å². The van der Waals surface area contributed by atoms with Gasteiger partial charge in [0, 0.05) is 0 Å². The predicted molar refractivity (Wildman–Crippen MR) is 85.0 cm³/mol. The van der Waals surface area contributed by atoms with E-state index in [-0.39, 0.29) is 18.4 Å². The Hall–Kier alpha value is -2.40. The first-order valence-corrected chi connectivity index (χ1v) is 7.08. The van der Waals surface area contributed by atoms with E-state index in [9.17, 15) is 4.79 Å². The predicted octanol–water partition coefficient (Wildman–Crippen LogP) is 3.39. The standard InChI is InChI=1S/C17H19NO4/c1-12(17(19)20)18-22-10-9-21-13(2)15-8-7-14-5-3-4-6-16(14)11-15/h3-8,11,13H,9-10H2,1-2H3,(H,19,20)/b18-12+. The molecular formula is C17H19NO4. The molecule has 0 aliphatic rings. The minimum atomic E-state index is -1.09. The molecule has 0 heterocycles. The van der Waals surface area contributed by atoms with Crippen LogP contribution in [-0.4, -0.2) is 30.0 Å². The van der Waals surface area contributed by atoms with Gasteiger partial charge in [-0.15, -0.1) is 0 Å². The molecule has 0 bridgehead atoms. The first-order chi connectivity index (χ1) is 10.6. The van der Waals surface area contributed by atoms with Gasteiger partial charge in [-0.05, 0) is 36.2 Å². The summed E-state index contributed by atoms with van der Waals surface area (Å²) in [5, 5.41) is 14.5. The zero-order valence-corrected chi connectivity index (χ0v) is 12.7. The van der Waals surface area contributed by atoms with E-state index in [4.69, 9.17) is 14.7 Å². The molecule has 0 aromatic heterocycles. The van der Waals surface area contributed by atoms with Crippen LogP contribution in [0.1, 0.15) is 25.5 Å². The highest BCUT2D eigenvalue weighted by Gasteiger charge is 2.07. The van der Waals surface area contributed by atoms with Crippen LogP contribution < -0.4 is 0 Å². The molecule has 0 spiro atoms. The summed E-state index contributed by atoms with van der Waals surface area (Å²) in [6.45, 7) is 3.89. The van der Waals surface area contributed by atoms with E-state index in [1.54, 1.807) is 0 Å². The molecule has 2 aromatic carbocycles. The maximum absolute atomic E-state index is 10.5. The normalized spacial score (nSPS) is 13.1. The second kappa shape index (κ2) is 7.56. The molecule has 1 unspecified atom stereocenters. The quantitative estimate of drug-likeness (QED) is 0.483. The van der Waals surface area contributed by atoms with Crippen LogP contribution in [0.5, 0.6) is 0 Å². The fraction of sp³-hybridized carbons (Fsp3) is 0.294. The Labute approximate surface area is 129 Å². The SMILES string of the molecule is C/C(=N\OCCOC(C)c1ccc2ccccc2c1)C(=O)O. The smallest absolute Gasteiger partial charge is 0.353 e. The third kappa shape index (κ3) is 4.30. The van der Waals surface area contributed by atoms with Gasteiger partial charge < -0.3 is 14.7 Å². The summed E-state index contributed by atoms with van der Waals surface area (Å²) >= 11 is 0. The molecular weight excluding hydrogens is 282 g/mol. The molecule has 0 aliphatic carbocycles. The van der Waals surface area contributed by atoms with E-state index in [2.05, 4.69) is 29.4 Å². The number of rotatable bonds is 7. The molecule has 2 rings (SSSR count). The zero-order valence-electron chi connectivity index (χ0n) is 12.7. The number of hydrogen-bond donors (Lipinski definition) is 1. The van der Waals surface area contributed by atoms with Gasteiger partial charge in [-0.2, -0.15) is 0 Å². The average Bonchev–Trinajstić information content (AvgIpc) is 2.53. The van der Waals surface area contributed by atoms with Crippen molar-refractivity contribution in [2.45, 2.75) is 20.0 Å². The van der Waals surface area contributed by atoms with Gasteiger partial charge in [0.2, 0.25) is 0 Å². The summed E-state index contributed by atoms with van der Waals surface area (Å²) in [5.74, 6) is -1.09. The number of nitrogens with zero attached hydrogens (tertiary/aromatic N) is 1. The van der Waals surface area contributed by atoms with Crippen LogP contribution in [0, 0.1) is 0 Å². The van der Waals surface area contributed by atoms with E-state index >= 15 is 0 Å². The molecule has 1 atom stereocenters. The summed E-state index contributed by atoms with van der Waals surface area (Å²) in [4.78, 5) is 15.4. The van der Waals surface area contributed by atoms with Crippen molar-refractivity contribution in [3.8, 4) is 0 Å². The van der Waals surface area contributed by atoms with Crippen molar-refractivity contribution >= 4 is 22.5 Å². The number of fused-ring (bicyclic) bond motifs is 1. The number of benzene rings is 2. The summed E-state index contributed by atoms with van der Waals surface area (Å²) in [7, 11) is 0. The Morgan fingerprint density at radius 1 is 1.18 bits per heavy atom. The summed E-state index contributed by atoms with van der Waals surface area (Å²) in [6.07, 6.45) is -0.0715. The Bertz CT molecular complexity index is 681. The summed E-state index contributed by atoms with van der Waals surface area (Å²) < 4.78 is 5.68. The number of carboxylic acid groups (broad SMARTS) is 1. The monoisotopic (exact) mass is 301 g/mol. The molecule has 0 saturated carbocycles. The highest BCUT2D eigenvalue weighted by atomic mass is 16.6. The molecule has 22 heavy (non-hydrogen) atoms. The lowest BCUT2D eigenvalue weighted by Crippen LogP contribution is -2.10. The third-order valence-electron chi connectivity index (χ3n) is 3.30. The van der Waals surface area contributed by atoms with Crippen LogP contribution >= 0.6 is 0 Å². The molecule has 5 heteroatoms. The number of hydrogen-bond acceptors (Lipinski definition) is 4. The highest BCUT2D eigenvalue weighted by Crippen LogP contribution is 2.22. The molecule has 0 aliphatic heterocycles. The number of aliphatic carboxylic acids is 1. The molecule has 1 N–H and O–H groups in total. The Morgan fingerprint density at radius 3 is 2.64 bits per heavy atom. The Morgan fingerprint density at radius 2 is 1.91 bits per heavy atom. The van der Waals surface area contributed by atoms with Gasteiger partial charge in [-0.3, -0.25) is 0 Å². The van der Waals surface area contributed by atoms with Gasteiger partial charge >= 0.3 is 5.97 Å². The zero-order chi connectivity index (χ0) is 15.9. The summed E-state index contributed by atoms with van der Waals surface area (Å²) in [6, 6.07) is 14.4. The maximum atomic E-state index is 10.5. The summed E-state index contributed by atoms with van der Waals surface area (Å²) in [5.41, 5.74) is 1.01. The second-order valence-corrected chi connectivity index (χ2v) is 4.93. The van der Waals surface area contributed by atoms with Crippen LogP contribution in [-0.2, 0) is 14.4 Å². The van der Waals surface area contributed by atoms with Crippen LogP contribution in [0.15, 0.2) is 47.6 Å². The molecule has 2 aromatic rings. The molecule has 0 fully saturated rings. The van der Waals surface area contributed by atoms with Gasteiger partial charge in [-0.1, -0.05) is 41.6 Å².